The van der Waals surface area contributed by atoms with Crippen molar-refractivity contribution >= 4 is 17.0 Å². The van der Waals surface area contributed by atoms with Crippen molar-refractivity contribution in [1.82, 2.24) is 14.9 Å². The maximum absolute atomic E-state index is 12.3. The molecule has 1 amide bonds. The van der Waals surface area contributed by atoms with Crippen LogP contribution in [0.2, 0.25) is 0 Å². The lowest BCUT2D eigenvalue weighted by molar-refractivity contribution is 0.0138. The monoisotopic (exact) mass is 403 g/mol. The summed E-state index contributed by atoms with van der Waals surface area (Å²) in [5.41, 5.74) is -0.170. The van der Waals surface area contributed by atoms with Gasteiger partial charge in [-0.3, -0.25) is 4.79 Å². The minimum Gasteiger partial charge on any atom is -0.493 e. The van der Waals surface area contributed by atoms with Gasteiger partial charge in [0.2, 0.25) is 0 Å². The molecule has 0 unspecified atom stereocenters. The molecule has 0 radical (unpaired) electrons. The first-order chi connectivity index (χ1) is 13.7. The molecule has 1 saturated carbocycles. The summed E-state index contributed by atoms with van der Waals surface area (Å²) in [5.74, 6) is 1.08. The number of nitrogens with zero attached hydrogens (tertiary/aromatic N) is 2. The summed E-state index contributed by atoms with van der Waals surface area (Å²) in [7, 11) is 3.35. The van der Waals surface area contributed by atoms with Crippen LogP contribution < -0.4 is 15.0 Å². The largest absolute Gasteiger partial charge is 0.493 e. The van der Waals surface area contributed by atoms with Gasteiger partial charge in [-0.05, 0) is 52.5 Å². The van der Waals surface area contributed by atoms with E-state index in [2.05, 4.69) is 9.97 Å². The van der Waals surface area contributed by atoms with E-state index < -0.39 is 5.60 Å². The molecule has 0 bridgehead atoms. The maximum Gasteiger partial charge on any atom is 0.410 e. The lowest BCUT2D eigenvalue weighted by Gasteiger charge is -2.35. The summed E-state index contributed by atoms with van der Waals surface area (Å²) in [5, 5.41) is 0.460. The zero-order valence-corrected chi connectivity index (χ0v) is 17.7. The molecule has 0 saturated heterocycles. The van der Waals surface area contributed by atoms with Gasteiger partial charge >= 0.3 is 6.09 Å². The summed E-state index contributed by atoms with van der Waals surface area (Å²) < 4.78 is 17.1. The number of carbonyl (C=O) groups is 1. The smallest absolute Gasteiger partial charge is 0.410 e. The molecule has 1 aliphatic carbocycles. The number of aromatic nitrogens is 2. The van der Waals surface area contributed by atoms with Gasteiger partial charge in [-0.1, -0.05) is 0 Å². The molecule has 1 aromatic carbocycles. The van der Waals surface area contributed by atoms with Crippen LogP contribution in [-0.2, 0) is 4.74 Å². The van der Waals surface area contributed by atoms with Crippen molar-refractivity contribution < 1.29 is 19.0 Å². The first-order valence-corrected chi connectivity index (χ1v) is 9.86. The van der Waals surface area contributed by atoms with Crippen LogP contribution in [0.1, 0.15) is 46.5 Å². The number of ether oxygens (including phenoxy) is 3. The van der Waals surface area contributed by atoms with E-state index in [-0.39, 0.29) is 23.8 Å². The number of carbonyl (C=O) groups excluding carboxylic acids is 1. The molecule has 1 N–H and O–H groups in total. The molecule has 8 nitrogen and oxygen atoms in total. The summed E-state index contributed by atoms with van der Waals surface area (Å²) >= 11 is 0. The van der Waals surface area contributed by atoms with Gasteiger partial charge in [0.25, 0.3) is 5.56 Å². The van der Waals surface area contributed by atoms with Crippen LogP contribution in [0.3, 0.4) is 0 Å². The molecule has 29 heavy (non-hydrogen) atoms. The van der Waals surface area contributed by atoms with E-state index in [4.69, 9.17) is 14.2 Å². The first-order valence-electron chi connectivity index (χ1n) is 9.86. The standard InChI is InChI=1S/C21H29N3O5/c1-21(2,3)29-20(26)24(4)13-6-8-14(9-7-13)28-18-10-15-16(11-17(18)27-5)22-12-23-19(15)25/h10-14H,6-9H2,1-5H3,(H,22,23,25)/t13-,14-. The van der Waals surface area contributed by atoms with Crippen LogP contribution in [0.4, 0.5) is 4.79 Å². The Hall–Kier alpha value is -2.77. The molecule has 1 aliphatic rings. The van der Waals surface area contributed by atoms with E-state index in [9.17, 15) is 9.59 Å². The molecule has 8 heteroatoms. The number of hydrogen-bond acceptors (Lipinski definition) is 6. The number of amides is 1. The fourth-order valence-electron chi connectivity index (χ4n) is 3.54. The molecule has 0 spiro atoms. The predicted molar refractivity (Wildman–Crippen MR) is 110 cm³/mol. The van der Waals surface area contributed by atoms with Crippen LogP contribution in [-0.4, -0.2) is 52.9 Å². The molecule has 0 aliphatic heterocycles. The Kier molecular flexibility index (Phi) is 6.00. The second-order valence-electron chi connectivity index (χ2n) is 8.39. The molecule has 3 rings (SSSR count). The van der Waals surface area contributed by atoms with E-state index in [0.29, 0.717) is 22.4 Å². The SMILES string of the molecule is COc1cc2nc[nH]c(=O)c2cc1O[C@H]1CC[C@H](N(C)C(=O)OC(C)(C)C)CC1. The zero-order chi connectivity index (χ0) is 21.2. The Balaban J connectivity index is 1.66. The van der Waals surface area contributed by atoms with Gasteiger partial charge in [-0.15, -0.1) is 0 Å². The van der Waals surface area contributed by atoms with Gasteiger partial charge in [0.05, 0.1) is 30.4 Å². The first kappa shape index (κ1) is 21.0. The number of aromatic amines is 1. The Morgan fingerprint density at radius 3 is 2.48 bits per heavy atom. The van der Waals surface area contributed by atoms with Crippen molar-refractivity contribution in [3.63, 3.8) is 0 Å². The fourth-order valence-corrected chi connectivity index (χ4v) is 3.54. The number of nitrogens with one attached hydrogen (secondary N) is 1. The van der Waals surface area contributed by atoms with Crippen LogP contribution in [0.25, 0.3) is 10.9 Å². The van der Waals surface area contributed by atoms with Gasteiger partial charge in [0, 0.05) is 19.2 Å². The van der Waals surface area contributed by atoms with Crippen LogP contribution in [0.5, 0.6) is 11.5 Å². The molecule has 1 fully saturated rings. The third kappa shape index (κ3) is 4.99. The summed E-state index contributed by atoms with van der Waals surface area (Å²) in [4.78, 5) is 32.8. The quantitative estimate of drug-likeness (QED) is 0.840. The number of fused-ring (bicyclic) bond motifs is 1. The van der Waals surface area contributed by atoms with Crippen molar-refractivity contribution in [3.05, 3.63) is 28.8 Å². The van der Waals surface area contributed by atoms with Crippen molar-refractivity contribution in [3.8, 4) is 11.5 Å². The van der Waals surface area contributed by atoms with Gasteiger partial charge in [-0.25, -0.2) is 9.78 Å². The second-order valence-corrected chi connectivity index (χ2v) is 8.39. The predicted octanol–water partition coefficient (Wildman–Crippen LogP) is 3.49. The Labute approximate surface area is 170 Å². The third-order valence-corrected chi connectivity index (χ3v) is 5.09. The van der Waals surface area contributed by atoms with E-state index in [1.165, 1.54) is 6.33 Å². The highest BCUT2D eigenvalue weighted by molar-refractivity contribution is 5.81. The lowest BCUT2D eigenvalue weighted by atomic mass is 9.92. The number of methoxy groups -OCH3 is 1. The number of H-pyrrole nitrogens is 1. The fraction of sp³-hybridized carbons (Fsp3) is 0.571. The van der Waals surface area contributed by atoms with E-state index in [0.717, 1.165) is 25.7 Å². The van der Waals surface area contributed by atoms with Gasteiger partial charge in [0.15, 0.2) is 11.5 Å². The molecular formula is C21H29N3O5. The molecule has 0 atom stereocenters. The lowest BCUT2D eigenvalue weighted by Crippen LogP contribution is -2.43. The van der Waals surface area contributed by atoms with Crippen molar-refractivity contribution in [2.75, 3.05) is 14.2 Å². The number of rotatable bonds is 4. The van der Waals surface area contributed by atoms with Gasteiger partial charge < -0.3 is 24.1 Å². The Morgan fingerprint density at radius 2 is 1.86 bits per heavy atom. The highest BCUT2D eigenvalue weighted by Crippen LogP contribution is 2.34. The Morgan fingerprint density at radius 1 is 1.17 bits per heavy atom. The topological polar surface area (TPSA) is 93.7 Å². The molecule has 158 valence electrons. The number of benzene rings is 1. The van der Waals surface area contributed by atoms with Crippen LogP contribution in [0, 0.1) is 0 Å². The van der Waals surface area contributed by atoms with Crippen molar-refractivity contribution in [1.29, 1.82) is 0 Å². The highest BCUT2D eigenvalue weighted by Gasteiger charge is 2.30. The maximum atomic E-state index is 12.3. The average molecular weight is 403 g/mol. The number of hydrogen-bond donors (Lipinski definition) is 1. The third-order valence-electron chi connectivity index (χ3n) is 5.09. The molecule has 1 aromatic heterocycles. The summed E-state index contributed by atoms with van der Waals surface area (Å²) in [6, 6.07) is 3.51. The zero-order valence-electron chi connectivity index (χ0n) is 17.7. The molecule has 1 heterocycles. The minimum absolute atomic E-state index is 0.0135. The van der Waals surface area contributed by atoms with Gasteiger partial charge in [-0.2, -0.15) is 0 Å². The normalized spacial score (nSPS) is 19.6. The van der Waals surface area contributed by atoms with E-state index >= 15 is 0 Å². The van der Waals surface area contributed by atoms with E-state index in [1.54, 1.807) is 31.2 Å². The summed E-state index contributed by atoms with van der Waals surface area (Å²) in [6.45, 7) is 5.59. The van der Waals surface area contributed by atoms with Gasteiger partial charge in [0.1, 0.15) is 5.60 Å². The highest BCUT2D eigenvalue weighted by atomic mass is 16.6. The molecular weight excluding hydrogens is 374 g/mol. The van der Waals surface area contributed by atoms with Crippen molar-refractivity contribution in [2.45, 2.75) is 64.2 Å². The average Bonchev–Trinajstić information content (AvgIpc) is 2.67. The van der Waals surface area contributed by atoms with Crippen LogP contribution >= 0.6 is 0 Å². The molecule has 2 aromatic rings. The summed E-state index contributed by atoms with van der Waals surface area (Å²) in [6.07, 6.45) is 4.28. The second kappa shape index (κ2) is 8.31. The van der Waals surface area contributed by atoms with Crippen molar-refractivity contribution in [2.24, 2.45) is 0 Å². The van der Waals surface area contributed by atoms with Crippen LogP contribution in [0.15, 0.2) is 23.3 Å². The Bertz CT molecular complexity index is 926. The minimum atomic E-state index is -0.509. The van der Waals surface area contributed by atoms with E-state index in [1.807, 2.05) is 20.8 Å².